The second-order valence-electron chi connectivity index (χ2n) is 6.30. The van der Waals surface area contributed by atoms with Gasteiger partial charge >= 0.3 is 0 Å². The summed E-state index contributed by atoms with van der Waals surface area (Å²) in [5, 5.41) is 10.2. The molecule has 0 saturated carbocycles. The van der Waals surface area contributed by atoms with Crippen LogP contribution in [0.1, 0.15) is 24.0 Å². The van der Waals surface area contributed by atoms with Crippen LogP contribution in [0, 0.1) is 5.82 Å². The van der Waals surface area contributed by atoms with Crippen molar-refractivity contribution in [2.24, 2.45) is 0 Å². The van der Waals surface area contributed by atoms with E-state index in [9.17, 15) is 4.39 Å². The Bertz CT molecular complexity index is 1060. The molecule has 140 valence electrons. The Morgan fingerprint density at radius 1 is 1.11 bits per heavy atom. The molecule has 1 unspecified atom stereocenters. The van der Waals surface area contributed by atoms with Gasteiger partial charge in [0.1, 0.15) is 23.3 Å². The lowest BCUT2D eigenvalue weighted by molar-refractivity contribution is 0.626. The fraction of sp³-hybridized carbons (Fsp3) is 0.100. The van der Waals surface area contributed by atoms with Crippen molar-refractivity contribution in [1.82, 2.24) is 25.1 Å². The van der Waals surface area contributed by atoms with Crippen molar-refractivity contribution in [3.63, 3.8) is 0 Å². The molecule has 7 nitrogen and oxygen atoms in total. The van der Waals surface area contributed by atoms with Gasteiger partial charge in [-0.1, -0.05) is 19.1 Å². The Labute approximate surface area is 160 Å². The molecule has 0 aliphatic rings. The first-order valence-corrected chi connectivity index (χ1v) is 8.71. The van der Waals surface area contributed by atoms with Crippen molar-refractivity contribution in [3.05, 3.63) is 78.1 Å². The summed E-state index contributed by atoms with van der Waals surface area (Å²) in [6.07, 6.45) is 6.52. The van der Waals surface area contributed by atoms with Gasteiger partial charge in [-0.3, -0.25) is 10.1 Å². The Morgan fingerprint density at radius 2 is 1.93 bits per heavy atom. The van der Waals surface area contributed by atoms with Crippen LogP contribution in [0.25, 0.3) is 11.3 Å². The molecule has 4 rings (SSSR count). The van der Waals surface area contributed by atoms with Crippen molar-refractivity contribution < 1.29 is 4.39 Å². The molecule has 4 N–H and O–H groups in total. The van der Waals surface area contributed by atoms with Crippen LogP contribution >= 0.6 is 0 Å². The van der Waals surface area contributed by atoms with E-state index in [1.807, 2.05) is 19.1 Å². The van der Waals surface area contributed by atoms with E-state index in [-0.39, 0.29) is 11.7 Å². The standard InChI is InChI=1S/C20H18FN7/c1-12(13-2-4-14(21)5-3-13)19-15(16-6-7-25-28-16)10-17(27-20(19)22)26-18-11-23-8-9-24-18/h2-12H,1H3,(H,25,28)(H3,22,24,26,27). The van der Waals surface area contributed by atoms with Crippen LogP contribution in [0.3, 0.4) is 0 Å². The molecule has 0 aliphatic carbocycles. The molecule has 1 atom stereocenters. The lowest BCUT2D eigenvalue weighted by atomic mass is 9.89. The van der Waals surface area contributed by atoms with Crippen molar-refractivity contribution >= 4 is 17.5 Å². The summed E-state index contributed by atoms with van der Waals surface area (Å²) in [6.45, 7) is 2.01. The lowest BCUT2D eigenvalue weighted by Crippen LogP contribution is -2.08. The van der Waals surface area contributed by atoms with Crippen LogP contribution in [-0.2, 0) is 0 Å². The number of hydrogen-bond donors (Lipinski definition) is 3. The molecule has 0 amide bonds. The molecular weight excluding hydrogens is 357 g/mol. The number of benzene rings is 1. The molecule has 4 aromatic rings. The first kappa shape index (κ1) is 17.6. The Hall–Kier alpha value is -3.81. The monoisotopic (exact) mass is 375 g/mol. The van der Waals surface area contributed by atoms with Gasteiger partial charge in [-0.15, -0.1) is 0 Å². The molecule has 0 aliphatic heterocycles. The summed E-state index contributed by atoms with van der Waals surface area (Å²) in [7, 11) is 0. The summed E-state index contributed by atoms with van der Waals surface area (Å²) in [5.74, 6) is 1.07. The number of anilines is 3. The van der Waals surface area contributed by atoms with Crippen LogP contribution in [-0.4, -0.2) is 25.1 Å². The Balaban J connectivity index is 1.80. The number of rotatable bonds is 5. The molecule has 0 spiro atoms. The summed E-state index contributed by atoms with van der Waals surface area (Å²) >= 11 is 0. The number of aromatic nitrogens is 5. The van der Waals surface area contributed by atoms with E-state index in [0.717, 1.165) is 22.4 Å². The predicted octanol–water partition coefficient (Wildman–Crippen LogP) is 3.88. The number of nitrogen functional groups attached to an aromatic ring is 1. The highest BCUT2D eigenvalue weighted by molar-refractivity contribution is 5.75. The Morgan fingerprint density at radius 3 is 2.61 bits per heavy atom. The fourth-order valence-corrected chi connectivity index (χ4v) is 3.13. The van der Waals surface area contributed by atoms with Gasteiger partial charge in [-0.05, 0) is 29.8 Å². The van der Waals surface area contributed by atoms with Gasteiger partial charge in [-0.2, -0.15) is 5.10 Å². The quantitative estimate of drug-likeness (QED) is 0.489. The number of halogens is 1. The van der Waals surface area contributed by atoms with E-state index in [2.05, 4.69) is 30.5 Å². The third-order valence-corrected chi connectivity index (χ3v) is 4.49. The van der Waals surface area contributed by atoms with Crippen molar-refractivity contribution in [2.75, 3.05) is 11.1 Å². The molecule has 8 heteroatoms. The van der Waals surface area contributed by atoms with E-state index in [1.54, 1.807) is 36.9 Å². The fourth-order valence-electron chi connectivity index (χ4n) is 3.13. The van der Waals surface area contributed by atoms with Gasteiger partial charge in [0.05, 0.1) is 11.9 Å². The first-order valence-electron chi connectivity index (χ1n) is 8.71. The van der Waals surface area contributed by atoms with E-state index >= 15 is 0 Å². The molecule has 3 heterocycles. The zero-order valence-corrected chi connectivity index (χ0v) is 15.1. The van der Waals surface area contributed by atoms with Crippen LogP contribution in [0.5, 0.6) is 0 Å². The van der Waals surface area contributed by atoms with Gasteiger partial charge in [0.15, 0.2) is 0 Å². The topological polar surface area (TPSA) is 105 Å². The van der Waals surface area contributed by atoms with Crippen molar-refractivity contribution in [2.45, 2.75) is 12.8 Å². The number of hydrogen-bond acceptors (Lipinski definition) is 6. The number of H-pyrrole nitrogens is 1. The number of nitrogens with two attached hydrogens (primary N) is 1. The maximum Gasteiger partial charge on any atom is 0.150 e. The zero-order chi connectivity index (χ0) is 19.5. The SMILES string of the molecule is CC(c1ccc(F)cc1)c1c(-c2cc[nH]n2)cc(Nc2cnccn2)nc1N. The second-order valence-corrected chi connectivity index (χ2v) is 6.30. The van der Waals surface area contributed by atoms with Crippen LogP contribution in [0.15, 0.2) is 61.2 Å². The minimum absolute atomic E-state index is 0.106. The van der Waals surface area contributed by atoms with Gasteiger partial charge < -0.3 is 11.1 Å². The van der Waals surface area contributed by atoms with Gasteiger partial charge in [0, 0.05) is 35.6 Å². The summed E-state index contributed by atoms with van der Waals surface area (Å²) < 4.78 is 13.3. The van der Waals surface area contributed by atoms with E-state index in [4.69, 9.17) is 5.73 Å². The van der Waals surface area contributed by atoms with E-state index in [1.165, 1.54) is 12.1 Å². The first-order chi connectivity index (χ1) is 13.6. The van der Waals surface area contributed by atoms with Crippen LogP contribution in [0.2, 0.25) is 0 Å². The van der Waals surface area contributed by atoms with Gasteiger partial charge in [-0.25, -0.2) is 14.4 Å². The Kier molecular flexibility index (Phi) is 4.67. The minimum Gasteiger partial charge on any atom is -0.383 e. The zero-order valence-electron chi connectivity index (χ0n) is 15.1. The number of pyridine rings is 1. The smallest absolute Gasteiger partial charge is 0.150 e. The minimum atomic E-state index is -0.280. The molecule has 0 saturated heterocycles. The predicted molar refractivity (Wildman–Crippen MR) is 105 cm³/mol. The van der Waals surface area contributed by atoms with Crippen molar-refractivity contribution in [3.8, 4) is 11.3 Å². The normalized spacial score (nSPS) is 11.9. The summed E-state index contributed by atoms with van der Waals surface area (Å²) in [4.78, 5) is 12.7. The number of nitrogens with one attached hydrogen (secondary N) is 2. The molecule has 0 fully saturated rings. The van der Waals surface area contributed by atoms with Gasteiger partial charge in [0.2, 0.25) is 0 Å². The number of nitrogens with zero attached hydrogens (tertiary/aromatic N) is 4. The second kappa shape index (κ2) is 7.43. The molecule has 3 aromatic heterocycles. The summed E-state index contributed by atoms with van der Waals surface area (Å²) in [5.41, 5.74) is 9.67. The average Bonchev–Trinajstić information content (AvgIpc) is 3.23. The van der Waals surface area contributed by atoms with Crippen LogP contribution in [0.4, 0.5) is 21.8 Å². The highest BCUT2D eigenvalue weighted by atomic mass is 19.1. The molecule has 1 aromatic carbocycles. The molecule has 0 radical (unpaired) electrons. The van der Waals surface area contributed by atoms with Gasteiger partial charge in [0.25, 0.3) is 0 Å². The maximum atomic E-state index is 13.3. The van der Waals surface area contributed by atoms with E-state index < -0.39 is 0 Å². The van der Waals surface area contributed by atoms with Crippen LogP contribution < -0.4 is 11.1 Å². The molecule has 28 heavy (non-hydrogen) atoms. The summed E-state index contributed by atoms with van der Waals surface area (Å²) in [6, 6.07) is 10.1. The maximum absolute atomic E-state index is 13.3. The highest BCUT2D eigenvalue weighted by Gasteiger charge is 2.21. The van der Waals surface area contributed by atoms with E-state index in [0.29, 0.717) is 17.5 Å². The highest BCUT2D eigenvalue weighted by Crippen LogP contribution is 2.37. The van der Waals surface area contributed by atoms with Crippen molar-refractivity contribution in [1.29, 1.82) is 0 Å². The average molecular weight is 375 g/mol. The third-order valence-electron chi connectivity index (χ3n) is 4.49. The molecule has 0 bridgehead atoms. The molecular formula is C20H18FN7. The largest absolute Gasteiger partial charge is 0.383 e. The number of aromatic amines is 1. The third kappa shape index (κ3) is 3.52. The lowest BCUT2D eigenvalue weighted by Gasteiger charge is -2.19.